The van der Waals surface area contributed by atoms with Crippen LogP contribution >= 0.6 is 0 Å². The van der Waals surface area contributed by atoms with Gasteiger partial charge in [0.25, 0.3) is 5.91 Å². The summed E-state index contributed by atoms with van der Waals surface area (Å²) in [5.74, 6) is -2.19. The maximum atomic E-state index is 14.7. The van der Waals surface area contributed by atoms with E-state index in [0.29, 0.717) is 50.8 Å². The molecule has 14 heteroatoms. The van der Waals surface area contributed by atoms with Crippen LogP contribution in [0.5, 0.6) is 5.75 Å². The van der Waals surface area contributed by atoms with Crippen LogP contribution in [-0.4, -0.2) is 98.7 Å². The molecule has 2 aliphatic heterocycles. The van der Waals surface area contributed by atoms with Crippen molar-refractivity contribution in [3.05, 3.63) is 101 Å². The number of aromatic nitrogens is 3. The number of benzene rings is 2. The number of carbonyl (C=O) groups excluding carboxylic acids is 4. The van der Waals surface area contributed by atoms with E-state index in [4.69, 9.17) is 14.5 Å². The van der Waals surface area contributed by atoms with Gasteiger partial charge in [-0.3, -0.25) is 34.2 Å². The second-order valence-electron chi connectivity index (χ2n) is 19.4. The molecule has 66 heavy (non-hydrogen) atoms. The number of hydrogen-bond donors (Lipinski definition) is 3. The molecule has 0 spiro atoms. The first kappa shape index (κ1) is 46.4. The van der Waals surface area contributed by atoms with Crippen LogP contribution in [0.25, 0.3) is 33.3 Å². The second-order valence-corrected chi connectivity index (χ2v) is 19.4. The summed E-state index contributed by atoms with van der Waals surface area (Å²) in [5.41, 5.74) is 11.6. The molecule has 5 heterocycles. The molecule has 1 fully saturated rings. The van der Waals surface area contributed by atoms with Gasteiger partial charge in [0.05, 0.1) is 24.1 Å². The summed E-state index contributed by atoms with van der Waals surface area (Å²) in [5, 5.41) is 16.8. The minimum atomic E-state index is -1.13. The monoisotopic (exact) mass is 897 g/mol. The van der Waals surface area contributed by atoms with Crippen LogP contribution in [0, 0.1) is 17.3 Å². The molecule has 5 atom stereocenters. The van der Waals surface area contributed by atoms with Crippen molar-refractivity contribution in [3.63, 3.8) is 0 Å². The molecular formula is C52H63N7O7. The van der Waals surface area contributed by atoms with Gasteiger partial charge in [-0.1, -0.05) is 45.9 Å². The van der Waals surface area contributed by atoms with E-state index in [1.54, 1.807) is 38.7 Å². The van der Waals surface area contributed by atoms with Gasteiger partial charge in [-0.25, -0.2) is 5.43 Å². The van der Waals surface area contributed by atoms with Gasteiger partial charge < -0.3 is 29.4 Å². The molecule has 3 N–H and O–H groups in total. The number of carbonyl (C=O) groups is 4. The maximum absolute atomic E-state index is 14.7. The van der Waals surface area contributed by atoms with Gasteiger partial charge in [0.15, 0.2) is 0 Å². The average molecular weight is 898 g/mol. The molecule has 348 valence electrons. The van der Waals surface area contributed by atoms with Gasteiger partial charge in [0.2, 0.25) is 11.8 Å². The lowest BCUT2D eigenvalue weighted by Gasteiger charge is -2.37. The predicted molar refractivity (Wildman–Crippen MR) is 252 cm³/mol. The fourth-order valence-corrected chi connectivity index (χ4v) is 10.3. The molecule has 0 radical (unpaired) electrons. The Hall–Kier alpha value is -6.12. The number of likely N-dealkylation sites (N-methyl/N-ethyl adjacent to an activating group) is 1. The number of aryl methyl sites for hydroxylation is 1. The molecule has 6 bridgehead atoms. The van der Waals surface area contributed by atoms with Gasteiger partial charge in [-0.15, -0.1) is 0 Å². The summed E-state index contributed by atoms with van der Waals surface area (Å²) < 4.78 is 14.2. The lowest BCUT2D eigenvalue weighted by molar-refractivity contribution is -0.155. The third kappa shape index (κ3) is 9.30. The normalized spacial score (nSPS) is 20.6. The molecule has 1 saturated heterocycles. The number of phenols is 1. The zero-order valence-corrected chi connectivity index (χ0v) is 39.4. The highest BCUT2D eigenvalue weighted by molar-refractivity contribution is 5.96. The number of ether oxygens (including phenoxy) is 2. The van der Waals surface area contributed by atoms with E-state index in [-0.39, 0.29) is 42.6 Å². The Morgan fingerprint density at radius 1 is 1.02 bits per heavy atom. The third-order valence-electron chi connectivity index (χ3n) is 13.6. The highest BCUT2D eigenvalue weighted by Gasteiger charge is 2.40. The van der Waals surface area contributed by atoms with Crippen LogP contribution in [0.2, 0.25) is 0 Å². The first-order chi connectivity index (χ1) is 31.6. The number of hydrogen-bond acceptors (Lipinski definition) is 10. The first-order valence-electron chi connectivity index (χ1n) is 23.3. The quantitative estimate of drug-likeness (QED) is 0.135. The molecule has 2 unspecified atom stereocenters. The van der Waals surface area contributed by atoms with Crippen LogP contribution in [0.3, 0.4) is 0 Å². The second kappa shape index (κ2) is 19.0. The molecule has 3 aliphatic rings. The molecule has 1 aliphatic carbocycles. The summed E-state index contributed by atoms with van der Waals surface area (Å²) in [6, 6.07) is 16.6. The minimum Gasteiger partial charge on any atom is -0.508 e. The largest absolute Gasteiger partial charge is 0.508 e. The molecule has 14 nitrogen and oxygen atoms in total. The Labute approximate surface area is 387 Å². The Morgan fingerprint density at radius 2 is 1.79 bits per heavy atom. The summed E-state index contributed by atoms with van der Waals surface area (Å²) in [7, 11) is 3.33. The van der Waals surface area contributed by atoms with Gasteiger partial charge in [-0.2, -0.15) is 0 Å². The van der Waals surface area contributed by atoms with E-state index in [0.717, 1.165) is 55.8 Å². The number of fused-ring (bicyclic) bond motifs is 7. The number of phenolic OH excluding ortho intramolecular Hbond substituents is 1. The van der Waals surface area contributed by atoms with E-state index in [9.17, 15) is 24.3 Å². The van der Waals surface area contributed by atoms with Gasteiger partial charge >= 0.3 is 5.97 Å². The van der Waals surface area contributed by atoms with Crippen LogP contribution in [0.4, 0.5) is 0 Å². The number of methoxy groups -OCH3 is 1. The van der Waals surface area contributed by atoms with Crippen molar-refractivity contribution in [3.8, 4) is 28.1 Å². The van der Waals surface area contributed by atoms with Crippen molar-refractivity contribution in [1.29, 1.82) is 0 Å². The molecule has 3 amide bonds. The van der Waals surface area contributed by atoms with Crippen LogP contribution in [0.15, 0.2) is 73.1 Å². The number of rotatable bonds is 9. The van der Waals surface area contributed by atoms with E-state index in [1.807, 2.05) is 51.1 Å². The summed E-state index contributed by atoms with van der Waals surface area (Å²) >= 11 is 0. The van der Waals surface area contributed by atoms with Crippen molar-refractivity contribution >= 4 is 34.6 Å². The van der Waals surface area contributed by atoms with E-state index >= 15 is 0 Å². The van der Waals surface area contributed by atoms with Crippen LogP contribution in [-0.2, 0) is 60.9 Å². The SMILES string of the molecule is CCn1c(-c2cccnc2[C@H](C)OC)c2c3cc(ccc31)-c1cc(O)cc(c1)C[C@H](NC(=O)C(C(C)C)N(C)C(=O)C1Cc3cccnc3C1)C(=O)N1CCC[C@H](N1)C(=O)OCC(C)(C)C2. The average Bonchev–Trinajstić information content (AvgIpc) is 3.87. The lowest BCUT2D eigenvalue weighted by atomic mass is 9.84. The summed E-state index contributed by atoms with van der Waals surface area (Å²) in [6.45, 7) is 13.1. The van der Waals surface area contributed by atoms with Crippen molar-refractivity contribution < 1.29 is 33.8 Å². The Balaban J connectivity index is 1.20. The topological polar surface area (TPSA) is 168 Å². The fraction of sp³-hybridized carbons (Fsp3) is 0.462. The number of pyridine rings is 2. The zero-order chi connectivity index (χ0) is 47.0. The number of aromatic hydroxyl groups is 1. The smallest absolute Gasteiger partial charge is 0.324 e. The van der Waals surface area contributed by atoms with E-state index < -0.39 is 41.3 Å². The standard InChI is InChI=1S/C52H63N7O7/c1-9-58-44-17-16-33-26-39(44)40(47(58)38-14-11-19-54-45(38)31(4)65-8)28-52(5,6)29-66-51(64)41-15-12-20-59(56-41)50(63)43(23-32-21-35(33)25-37(60)22-32)55-48(61)46(30(2)3)57(7)49(62)36-24-34-13-10-18-53-42(34)27-36/h10-11,13-14,16-19,21-22,25-26,30-31,36,41,43,46,56,60H,9,12,15,20,23-24,27-29H2,1-8H3,(H,55,61)/t31-,36?,41-,43-,46?/m0/s1. The van der Waals surface area contributed by atoms with Crippen molar-refractivity contribution in [1.82, 2.24) is 35.2 Å². The maximum Gasteiger partial charge on any atom is 0.324 e. The van der Waals surface area contributed by atoms with Crippen molar-refractivity contribution in [2.45, 2.75) is 111 Å². The third-order valence-corrected chi connectivity index (χ3v) is 13.6. The summed E-state index contributed by atoms with van der Waals surface area (Å²) in [6.07, 6.45) is 5.82. The summed E-state index contributed by atoms with van der Waals surface area (Å²) in [4.78, 5) is 68.1. The highest BCUT2D eigenvalue weighted by atomic mass is 16.5. The van der Waals surface area contributed by atoms with Crippen LogP contribution in [0.1, 0.15) is 88.6 Å². The number of cyclic esters (lactones) is 1. The number of nitrogens with zero attached hydrogens (tertiary/aromatic N) is 5. The number of amides is 3. The molecule has 3 aromatic heterocycles. The van der Waals surface area contributed by atoms with Crippen molar-refractivity contribution in [2.24, 2.45) is 17.3 Å². The van der Waals surface area contributed by atoms with Gasteiger partial charge in [0.1, 0.15) is 23.9 Å². The Morgan fingerprint density at radius 3 is 2.53 bits per heavy atom. The molecular weight excluding hydrogens is 835 g/mol. The van der Waals surface area contributed by atoms with Crippen LogP contribution < -0.4 is 10.7 Å². The number of hydrazine groups is 1. The minimum absolute atomic E-state index is 0.00704. The zero-order valence-electron chi connectivity index (χ0n) is 39.4. The number of esters is 1. The predicted octanol–water partition coefficient (Wildman–Crippen LogP) is 6.74. The Kier molecular flexibility index (Phi) is 13.4. The van der Waals surface area contributed by atoms with Gasteiger partial charge in [0, 0.05) is 86.0 Å². The van der Waals surface area contributed by atoms with Gasteiger partial charge in [-0.05, 0) is 116 Å². The highest BCUT2D eigenvalue weighted by Crippen LogP contribution is 2.42. The Bertz CT molecular complexity index is 2630. The molecule has 2 aromatic carbocycles. The van der Waals surface area contributed by atoms with Crippen molar-refractivity contribution in [2.75, 3.05) is 27.3 Å². The fourth-order valence-electron chi connectivity index (χ4n) is 10.3. The molecule has 5 aromatic rings. The van der Waals surface area contributed by atoms with E-state index in [1.165, 1.54) is 9.91 Å². The molecule has 8 rings (SSSR count). The number of nitrogens with one attached hydrogen (secondary N) is 2. The molecule has 0 saturated carbocycles. The lowest BCUT2D eigenvalue weighted by Crippen LogP contribution is -2.62. The van der Waals surface area contributed by atoms with E-state index in [2.05, 4.69) is 59.3 Å². The first-order valence-corrected chi connectivity index (χ1v) is 23.3.